The standard InChI is InChI=1S/C32H23N5O/c1-2-9-24(10-3-1)36-28-13-4-5-14-29(28)37(26-12-8-11-25(21-26)35-20-19-33-23-35)31-22-27(16-17-30(31)36)38-32-15-6-7-18-34-32/h1-23H. The third-order valence-corrected chi connectivity index (χ3v) is 6.56. The number of aromatic nitrogens is 3. The van der Waals surface area contributed by atoms with Crippen molar-refractivity contribution in [1.29, 1.82) is 0 Å². The minimum atomic E-state index is 0.553. The van der Waals surface area contributed by atoms with Crippen molar-refractivity contribution in [3.63, 3.8) is 0 Å². The maximum absolute atomic E-state index is 6.17. The molecule has 0 bridgehead atoms. The summed E-state index contributed by atoms with van der Waals surface area (Å²) in [6.45, 7) is 0. The van der Waals surface area contributed by atoms with E-state index in [1.807, 2.05) is 47.4 Å². The molecule has 0 amide bonds. The molecular weight excluding hydrogens is 470 g/mol. The Labute approximate surface area is 220 Å². The molecule has 6 nitrogen and oxygen atoms in total. The first kappa shape index (κ1) is 21.9. The molecule has 182 valence electrons. The van der Waals surface area contributed by atoms with E-state index < -0.39 is 0 Å². The number of anilines is 6. The number of hydrogen-bond acceptors (Lipinski definition) is 5. The molecule has 0 fully saturated rings. The fraction of sp³-hybridized carbons (Fsp3) is 0. The number of hydrogen-bond donors (Lipinski definition) is 0. The van der Waals surface area contributed by atoms with E-state index in [4.69, 9.17) is 4.74 Å². The molecule has 1 aliphatic heterocycles. The smallest absolute Gasteiger partial charge is 0.219 e. The first-order chi connectivity index (χ1) is 18.8. The number of ether oxygens (including phenoxy) is 1. The summed E-state index contributed by atoms with van der Waals surface area (Å²) in [5, 5.41) is 0. The average Bonchev–Trinajstić information content (AvgIpc) is 3.52. The van der Waals surface area contributed by atoms with E-state index in [-0.39, 0.29) is 0 Å². The third kappa shape index (κ3) is 3.85. The van der Waals surface area contributed by atoms with Crippen LogP contribution in [0.25, 0.3) is 5.69 Å². The van der Waals surface area contributed by atoms with Crippen molar-refractivity contribution in [2.45, 2.75) is 0 Å². The highest BCUT2D eigenvalue weighted by molar-refractivity contribution is 6.01. The van der Waals surface area contributed by atoms with Crippen LogP contribution in [0.15, 0.2) is 140 Å². The van der Waals surface area contributed by atoms with Crippen molar-refractivity contribution >= 4 is 34.1 Å². The van der Waals surface area contributed by atoms with Crippen LogP contribution < -0.4 is 14.5 Å². The van der Waals surface area contributed by atoms with E-state index in [0.717, 1.165) is 39.8 Å². The second-order valence-corrected chi connectivity index (χ2v) is 8.91. The molecule has 0 saturated heterocycles. The molecule has 0 saturated carbocycles. The molecule has 0 N–H and O–H groups in total. The number of nitrogens with zero attached hydrogens (tertiary/aromatic N) is 5. The van der Waals surface area contributed by atoms with E-state index in [2.05, 4.69) is 105 Å². The maximum Gasteiger partial charge on any atom is 0.219 e. The molecule has 0 unspecified atom stereocenters. The van der Waals surface area contributed by atoms with Gasteiger partial charge in [-0.1, -0.05) is 42.5 Å². The quantitative estimate of drug-likeness (QED) is 0.241. The van der Waals surface area contributed by atoms with E-state index in [9.17, 15) is 0 Å². The molecule has 2 aromatic heterocycles. The predicted molar refractivity (Wildman–Crippen MR) is 151 cm³/mol. The monoisotopic (exact) mass is 493 g/mol. The van der Waals surface area contributed by atoms with Crippen molar-refractivity contribution in [3.05, 3.63) is 140 Å². The summed E-state index contributed by atoms with van der Waals surface area (Å²) in [7, 11) is 0. The van der Waals surface area contributed by atoms with Crippen molar-refractivity contribution in [1.82, 2.24) is 14.5 Å². The summed E-state index contributed by atoms with van der Waals surface area (Å²) in [5.41, 5.74) is 7.38. The van der Waals surface area contributed by atoms with E-state index in [1.54, 1.807) is 12.4 Å². The maximum atomic E-state index is 6.17. The van der Waals surface area contributed by atoms with Crippen LogP contribution in [0.3, 0.4) is 0 Å². The van der Waals surface area contributed by atoms with Gasteiger partial charge in [-0.05, 0) is 60.7 Å². The van der Waals surface area contributed by atoms with Crippen LogP contribution in [0.2, 0.25) is 0 Å². The average molecular weight is 494 g/mol. The van der Waals surface area contributed by atoms with Crippen molar-refractivity contribution < 1.29 is 4.74 Å². The van der Waals surface area contributed by atoms with Crippen LogP contribution in [-0.4, -0.2) is 14.5 Å². The van der Waals surface area contributed by atoms with Gasteiger partial charge in [0.15, 0.2) is 0 Å². The molecule has 1 aliphatic rings. The number of fused-ring (bicyclic) bond motifs is 2. The van der Waals surface area contributed by atoms with Gasteiger partial charge in [0.05, 0.1) is 29.1 Å². The third-order valence-electron chi connectivity index (χ3n) is 6.56. The molecule has 6 heteroatoms. The minimum Gasteiger partial charge on any atom is -0.439 e. The molecule has 7 rings (SSSR count). The molecule has 0 radical (unpaired) electrons. The van der Waals surface area contributed by atoms with Gasteiger partial charge in [-0.3, -0.25) is 0 Å². The van der Waals surface area contributed by atoms with Crippen molar-refractivity contribution in [2.75, 3.05) is 9.80 Å². The van der Waals surface area contributed by atoms with Gasteiger partial charge in [-0.15, -0.1) is 0 Å². The van der Waals surface area contributed by atoms with Gasteiger partial charge < -0.3 is 19.1 Å². The van der Waals surface area contributed by atoms with Gasteiger partial charge in [0, 0.05) is 47.8 Å². The van der Waals surface area contributed by atoms with Crippen molar-refractivity contribution in [2.24, 2.45) is 0 Å². The SMILES string of the molecule is c1ccc(N2c3ccccc3N(c3cccc(-n4ccnc4)c3)c3cc(Oc4ccccn4)ccc32)cc1. The Morgan fingerprint density at radius 3 is 2.00 bits per heavy atom. The van der Waals surface area contributed by atoms with Gasteiger partial charge in [0.1, 0.15) is 5.75 Å². The zero-order valence-electron chi connectivity index (χ0n) is 20.4. The summed E-state index contributed by atoms with van der Waals surface area (Å²) in [4.78, 5) is 13.2. The molecule has 4 aromatic carbocycles. The summed E-state index contributed by atoms with van der Waals surface area (Å²) >= 11 is 0. The van der Waals surface area contributed by atoms with Crippen LogP contribution >= 0.6 is 0 Å². The number of benzene rings is 4. The summed E-state index contributed by atoms with van der Waals surface area (Å²) in [6, 6.07) is 39.2. The number of rotatable bonds is 5. The largest absolute Gasteiger partial charge is 0.439 e. The van der Waals surface area contributed by atoms with Gasteiger partial charge >= 0.3 is 0 Å². The Morgan fingerprint density at radius 2 is 1.24 bits per heavy atom. The lowest BCUT2D eigenvalue weighted by atomic mass is 10.0. The Kier molecular flexibility index (Phi) is 5.33. The predicted octanol–water partition coefficient (Wildman–Crippen LogP) is 8.31. The van der Waals surface area contributed by atoms with Crippen LogP contribution in [0.1, 0.15) is 0 Å². The summed E-state index contributed by atoms with van der Waals surface area (Å²) in [5.74, 6) is 1.27. The zero-order valence-corrected chi connectivity index (χ0v) is 20.4. The number of imidazole rings is 1. The Bertz CT molecular complexity index is 1700. The Balaban J connectivity index is 1.43. The Hall–Kier alpha value is -5.36. The van der Waals surface area contributed by atoms with E-state index >= 15 is 0 Å². The molecule has 6 aromatic rings. The zero-order chi connectivity index (χ0) is 25.3. The molecule has 0 spiro atoms. The van der Waals surface area contributed by atoms with Gasteiger partial charge in [0.25, 0.3) is 0 Å². The number of para-hydroxylation sites is 3. The lowest BCUT2D eigenvalue weighted by Gasteiger charge is -2.40. The fourth-order valence-electron chi connectivity index (χ4n) is 4.90. The summed E-state index contributed by atoms with van der Waals surface area (Å²) in [6.07, 6.45) is 7.28. The molecular formula is C32H23N5O. The topological polar surface area (TPSA) is 46.4 Å². The second kappa shape index (κ2) is 9.26. The molecule has 0 atom stereocenters. The van der Waals surface area contributed by atoms with Crippen molar-refractivity contribution in [3.8, 4) is 17.3 Å². The number of pyridine rings is 1. The van der Waals surface area contributed by atoms with Gasteiger partial charge in [-0.25, -0.2) is 9.97 Å². The highest BCUT2D eigenvalue weighted by Crippen LogP contribution is 2.55. The Morgan fingerprint density at radius 1 is 0.526 bits per heavy atom. The minimum absolute atomic E-state index is 0.553. The highest BCUT2D eigenvalue weighted by atomic mass is 16.5. The van der Waals surface area contributed by atoms with Crippen LogP contribution in [0.5, 0.6) is 11.6 Å². The second-order valence-electron chi connectivity index (χ2n) is 8.91. The van der Waals surface area contributed by atoms with Crippen LogP contribution in [0, 0.1) is 0 Å². The normalized spacial score (nSPS) is 12.1. The molecule has 38 heavy (non-hydrogen) atoms. The van der Waals surface area contributed by atoms with E-state index in [1.165, 1.54) is 0 Å². The molecule has 3 heterocycles. The van der Waals surface area contributed by atoms with Crippen LogP contribution in [0.4, 0.5) is 34.1 Å². The molecule has 0 aliphatic carbocycles. The first-order valence-electron chi connectivity index (χ1n) is 12.4. The lowest BCUT2D eigenvalue weighted by Crippen LogP contribution is -2.24. The fourth-order valence-corrected chi connectivity index (χ4v) is 4.90. The van der Waals surface area contributed by atoms with Crippen LogP contribution in [-0.2, 0) is 0 Å². The first-order valence-corrected chi connectivity index (χ1v) is 12.4. The summed E-state index contributed by atoms with van der Waals surface area (Å²) < 4.78 is 8.18. The van der Waals surface area contributed by atoms with Gasteiger partial charge in [0.2, 0.25) is 5.88 Å². The lowest BCUT2D eigenvalue weighted by molar-refractivity contribution is 0.463. The van der Waals surface area contributed by atoms with Gasteiger partial charge in [-0.2, -0.15) is 0 Å². The highest BCUT2D eigenvalue weighted by Gasteiger charge is 2.31. The van der Waals surface area contributed by atoms with E-state index in [0.29, 0.717) is 11.6 Å².